The maximum atomic E-state index is 5.74. The number of hydrogen-bond donors (Lipinski definition) is 2. The lowest BCUT2D eigenvalue weighted by molar-refractivity contribution is 0.172. The molecular weight excluding hydrogens is 487 g/mol. The van der Waals surface area contributed by atoms with E-state index in [1.165, 1.54) is 15.6 Å². The van der Waals surface area contributed by atoms with Crippen LogP contribution < -0.4 is 15.4 Å². The summed E-state index contributed by atoms with van der Waals surface area (Å²) in [7, 11) is 3.46. The molecule has 0 aliphatic heterocycles. The van der Waals surface area contributed by atoms with Crippen molar-refractivity contribution in [3.8, 4) is 5.75 Å². The van der Waals surface area contributed by atoms with Crippen LogP contribution in [0, 0.1) is 6.92 Å². The van der Waals surface area contributed by atoms with Crippen molar-refractivity contribution in [2.75, 3.05) is 39.2 Å². The van der Waals surface area contributed by atoms with Crippen molar-refractivity contribution in [2.24, 2.45) is 4.99 Å². The number of halogens is 1. The van der Waals surface area contributed by atoms with Crippen LogP contribution in [0.2, 0.25) is 0 Å². The summed E-state index contributed by atoms with van der Waals surface area (Å²) in [6.07, 6.45) is 2.74. The van der Waals surface area contributed by atoms with Gasteiger partial charge in [0.1, 0.15) is 5.75 Å². The van der Waals surface area contributed by atoms with Crippen LogP contribution in [0.3, 0.4) is 0 Å². The molecule has 2 N–H and O–H groups in total. The quantitative estimate of drug-likeness (QED) is 0.213. The highest BCUT2D eigenvalue weighted by Crippen LogP contribution is 2.19. The van der Waals surface area contributed by atoms with Gasteiger partial charge in [0.15, 0.2) is 5.96 Å². The van der Waals surface area contributed by atoms with E-state index in [0.29, 0.717) is 13.2 Å². The van der Waals surface area contributed by atoms with Crippen molar-refractivity contribution < 1.29 is 9.47 Å². The number of aliphatic imine (C=N–C) groups is 1. The van der Waals surface area contributed by atoms with Gasteiger partial charge in [-0.25, -0.2) is 4.98 Å². The van der Waals surface area contributed by atoms with Gasteiger partial charge < -0.3 is 20.1 Å². The molecule has 1 heterocycles. The monoisotopic (exact) mass is 518 g/mol. The highest BCUT2D eigenvalue weighted by Gasteiger charge is 2.06. The molecule has 0 aliphatic carbocycles. The molecule has 2 rings (SSSR count). The standard InChI is InChI=1S/C20H30N4O2S.HI/c1-5-18-15(2)27-19(24-18)10-11-22-20(21-3)23-16-8-6-9-17(14-16)26-13-7-12-25-4;/h6,8-9,14H,5,7,10-13H2,1-4H3,(H2,21,22,23);1H. The van der Waals surface area contributed by atoms with Gasteiger partial charge in [-0.05, 0) is 25.5 Å². The summed E-state index contributed by atoms with van der Waals surface area (Å²) in [5, 5.41) is 7.81. The summed E-state index contributed by atoms with van der Waals surface area (Å²) < 4.78 is 10.8. The third kappa shape index (κ3) is 8.32. The predicted molar refractivity (Wildman–Crippen MR) is 129 cm³/mol. The van der Waals surface area contributed by atoms with Gasteiger partial charge in [-0.3, -0.25) is 4.99 Å². The Kier molecular flexibility index (Phi) is 12.1. The number of benzene rings is 1. The van der Waals surface area contributed by atoms with E-state index < -0.39 is 0 Å². The van der Waals surface area contributed by atoms with Crippen LogP contribution in [0.4, 0.5) is 5.69 Å². The SMILES string of the molecule is CCc1nc(CCNC(=NC)Nc2cccc(OCCCOC)c2)sc1C.I. The third-order valence-electron chi connectivity index (χ3n) is 3.99. The van der Waals surface area contributed by atoms with Crippen molar-refractivity contribution in [2.45, 2.75) is 33.1 Å². The summed E-state index contributed by atoms with van der Waals surface area (Å²) in [6.45, 7) is 6.40. The third-order valence-corrected chi connectivity index (χ3v) is 5.06. The zero-order valence-corrected chi connectivity index (χ0v) is 20.2. The lowest BCUT2D eigenvalue weighted by atomic mass is 10.3. The maximum Gasteiger partial charge on any atom is 0.195 e. The molecule has 8 heteroatoms. The van der Waals surface area contributed by atoms with Crippen LogP contribution in [0.5, 0.6) is 5.75 Å². The number of aromatic nitrogens is 1. The van der Waals surface area contributed by atoms with Gasteiger partial charge >= 0.3 is 0 Å². The molecule has 0 saturated carbocycles. The average Bonchev–Trinajstić information content (AvgIpc) is 3.04. The molecule has 0 amide bonds. The zero-order chi connectivity index (χ0) is 19.5. The lowest BCUT2D eigenvalue weighted by Gasteiger charge is -2.13. The Morgan fingerprint density at radius 3 is 2.79 bits per heavy atom. The molecule has 1 aromatic heterocycles. The van der Waals surface area contributed by atoms with Gasteiger partial charge in [-0.1, -0.05) is 13.0 Å². The molecule has 0 saturated heterocycles. The minimum Gasteiger partial charge on any atom is -0.493 e. The minimum atomic E-state index is 0. The van der Waals surface area contributed by atoms with Gasteiger partial charge in [0.25, 0.3) is 0 Å². The molecule has 0 radical (unpaired) electrons. The number of aryl methyl sites for hydroxylation is 2. The minimum absolute atomic E-state index is 0. The Bertz CT molecular complexity index is 737. The van der Waals surface area contributed by atoms with Gasteiger partial charge in [0.05, 0.1) is 17.3 Å². The molecule has 156 valence electrons. The average molecular weight is 518 g/mol. The predicted octanol–water partition coefficient (Wildman–Crippen LogP) is 4.28. The smallest absolute Gasteiger partial charge is 0.195 e. The van der Waals surface area contributed by atoms with E-state index in [4.69, 9.17) is 9.47 Å². The number of nitrogens with one attached hydrogen (secondary N) is 2. The summed E-state index contributed by atoms with van der Waals surface area (Å²) >= 11 is 1.78. The van der Waals surface area contributed by atoms with E-state index in [-0.39, 0.29) is 24.0 Å². The summed E-state index contributed by atoms with van der Waals surface area (Å²) in [4.78, 5) is 10.3. The van der Waals surface area contributed by atoms with E-state index in [2.05, 4.69) is 34.5 Å². The topological polar surface area (TPSA) is 67.8 Å². The molecular formula is C20H31IN4O2S. The number of methoxy groups -OCH3 is 1. The number of thiazole rings is 1. The van der Waals surface area contributed by atoms with Crippen LogP contribution in [0.25, 0.3) is 0 Å². The maximum absolute atomic E-state index is 5.74. The molecule has 1 aromatic carbocycles. The molecule has 0 unspecified atom stereocenters. The zero-order valence-electron chi connectivity index (χ0n) is 17.1. The first kappa shape index (κ1) is 24.6. The van der Waals surface area contributed by atoms with Gasteiger partial charge in [-0.2, -0.15) is 0 Å². The summed E-state index contributed by atoms with van der Waals surface area (Å²) in [5.74, 6) is 1.56. The fourth-order valence-corrected chi connectivity index (χ4v) is 3.60. The summed E-state index contributed by atoms with van der Waals surface area (Å²) in [5.41, 5.74) is 2.14. The lowest BCUT2D eigenvalue weighted by Crippen LogP contribution is -2.32. The van der Waals surface area contributed by atoms with Crippen LogP contribution in [-0.4, -0.2) is 44.9 Å². The fraction of sp³-hybridized carbons (Fsp3) is 0.500. The molecule has 28 heavy (non-hydrogen) atoms. The normalized spacial score (nSPS) is 11.1. The van der Waals surface area contributed by atoms with Crippen molar-refractivity contribution in [1.29, 1.82) is 0 Å². The van der Waals surface area contributed by atoms with E-state index in [1.807, 2.05) is 24.3 Å². The van der Waals surface area contributed by atoms with Crippen molar-refractivity contribution in [3.63, 3.8) is 0 Å². The number of rotatable bonds is 10. The Labute approximate surface area is 189 Å². The van der Waals surface area contributed by atoms with Crippen LogP contribution in [0.1, 0.15) is 28.9 Å². The van der Waals surface area contributed by atoms with Crippen molar-refractivity contribution in [3.05, 3.63) is 39.8 Å². The number of guanidine groups is 1. The molecule has 0 bridgehead atoms. The highest BCUT2D eigenvalue weighted by atomic mass is 127. The van der Waals surface area contributed by atoms with Gasteiger partial charge in [0, 0.05) is 56.8 Å². The van der Waals surface area contributed by atoms with Crippen LogP contribution >= 0.6 is 35.3 Å². The molecule has 6 nitrogen and oxygen atoms in total. The van der Waals surface area contributed by atoms with Crippen molar-refractivity contribution in [1.82, 2.24) is 10.3 Å². The number of ether oxygens (including phenoxy) is 2. The molecule has 0 spiro atoms. The first-order chi connectivity index (χ1) is 13.2. The van der Waals surface area contributed by atoms with Gasteiger partial charge in [0.2, 0.25) is 0 Å². The second kappa shape index (κ2) is 13.7. The highest BCUT2D eigenvalue weighted by molar-refractivity contribution is 14.0. The van der Waals surface area contributed by atoms with Crippen LogP contribution in [-0.2, 0) is 17.6 Å². The van der Waals surface area contributed by atoms with E-state index in [0.717, 1.165) is 43.2 Å². The molecule has 0 aliphatic rings. The second-order valence-electron chi connectivity index (χ2n) is 6.06. The Hall–Kier alpha value is -1.39. The second-order valence-corrected chi connectivity index (χ2v) is 7.35. The molecule has 0 fully saturated rings. The Morgan fingerprint density at radius 1 is 1.29 bits per heavy atom. The van der Waals surface area contributed by atoms with Crippen molar-refractivity contribution >= 4 is 47.0 Å². The van der Waals surface area contributed by atoms with E-state index in [9.17, 15) is 0 Å². The molecule has 0 atom stereocenters. The fourth-order valence-electron chi connectivity index (χ4n) is 2.58. The number of anilines is 1. The van der Waals surface area contributed by atoms with Crippen LogP contribution in [0.15, 0.2) is 29.3 Å². The number of nitrogens with zero attached hydrogens (tertiary/aromatic N) is 2. The number of hydrogen-bond acceptors (Lipinski definition) is 5. The summed E-state index contributed by atoms with van der Waals surface area (Å²) in [6, 6.07) is 7.88. The van der Waals surface area contributed by atoms with E-state index >= 15 is 0 Å². The van der Waals surface area contributed by atoms with Gasteiger partial charge in [-0.15, -0.1) is 35.3 Å². The Morgan fingerprint density at radius 2 is 2.11 bits per heavy atom. The first-order valence-corrected chi connectivity index (χ1v) is 10.1. The Balaban J connectivity index is 0.00000392. The first-order valence-electron chi connectivity index (χ1n) is 9.31. The molecule has 2 aromatic rings. The largest absolute Gasteiger partial charge is 0.493 e. The van der Waals surface area contributed by atoms with E-state index in [1.54, 1.807) is 25.5 Å².